The van der Waals surface area contributed by atoms with Crippen molar-refractivity contribution in [3.8, 4) is 5.75 Å². The first-order chi connectivity index (χ1) is 10.5. The van der Waals surface area contributed by atoms with Gasteiger partial charge in [0.1, 0.15) is 17.1 Å². The van der Waals surface area contributed by atoms with Gasteiger partial charge in [0.2, 0.25) is 0 Å². The minimum atomic E-state index is -0.448. The van der Waals surface area contributed by atoms with E-state index in [-0.39, 0.29) is 11.6 Å². The van der Waals surface area contributed by atoms with Crippen LogP contribution in [0.15, 0.2) is 56.6 Å². The molecule has 1 aromatic heterocycles. The Hall–Kier alpha value is -2.27. The molecule has 22 heavy (non-hydrogen) atoms. The zero-order valence-corrected chi connectivity index (χ0v) is 12.6. The molecular weight excluding hydrogens is 303 g/mol. The lowest BCUT2D eigenvalue weighted by Crippen LogP contribution is -2.01. The summed E-state index contributed by atoms with van der Waals surface area (Å²) in [5.41, 5.74) is 1.32. The number of phenols is 1. The number of thioether (sulfide) groups is 1. The Morgan fingerprint density at radius 1 is 1.18 bits per heavy atom. The van der Waals surface area contributed by atoms with Crippen LogP contribution in [0.4, 0.5) is 4.39 Å². The van der Waals surface area contributed by atoms with Crippen molar-refractivity contribution < 1.29 is 13.9 Å². The summed E-state index contributed by atoms with van der Waals surface area (Å²) in [5, 5.41) is 10.5. The van der Waals surface area contributed by atoms with Crippen molar-refractivity contribution in [3.05, 3.63) is 69.8 Å². The van der Waals surface area contributed by atoms with E-state index in [0.717, 1.165) is 15.8 Å². The van der Waals surface area contributed by atoms with Crippen LogP contribution in [0.3, 0.4) is 0 Å². The predicted molar refractivity (Wildman–Crippen MR) is 84.8 cm³/mol. The van der Waals surface area contributed by atoms with Crippen LogP contribution in [0.1, 0.15) is 11.1 Å². The topological polar surface area (TPSA) is 50.4 Å². The van der Waals surface area contributed by atoms with Gasteiger partial charge < -0.3 is 9.52 Å². The molecule has 0 aliphatic heterocycles. The van der Waals surface area contributed by atoms with Crippen molar-refractivity contribution in [1.29, 1.82) is 0 Å². The molecule has 1 heterocycles. The molecule has 2 aromatic carbocycles. The number of rotatable bonds is 3. The quantitative estimate of drug-likeness (QED) is 0.580. The van der Waals surface area contributed by atoms with Crippen molar-refractivity contribution in [1.82, 2.24) is 0 Å². The molecule has 112 valence electrons. The van der Waals surface area contributed by atoms with E-state index in [1.165, 1.54) is 30.0 Å². The van der Waals surface area contributed by atoms with Crippen LogP contribution >= 0.6 is 11.8 Å². The summed E-state index contributed by atoms with van der Waals surface area (Å²) >= 11 is 1.51. The largest absolute Gasteiger partial charge is 0.508 e. The molecule has 0 atom stereocenters. The minimum Gasteiger partial charge on any atom is -0.508 e. The van der Waals surface area contributed by atoms with E-state index in [1.807, 2.05) is 0 Å². The van der Waals surface area contributed by atoms with Gasteiger partial charge in [-0.05, 0) is 48.9 Å². The number of hydrogen-bond acceptors (Lipinski definition) is 4. The van der Waals surface area contributed by atoms with Gasteiger partial charge in [-0.15, -0.1) is 11.8 Å². The van der Waals surface area contributed by atoms with Gasteiger partial charge in [-0.1, -0.05) is 0 Å². The van der Waals surface area contributed by atoms with Crippen LogP contribution in [0.5, 0.6) is 5.75 Å². The number of fused-ring (bicyclic) bond motifs is 1. The smallest absolute Gasteiger partial charge is 0.336 e. The minimum absolute atomic E-state index is 0.0963. The lowest BCUT2D eigenvalue weighted by atomic mass is 10.1. The van der Waals surface area contributed by atoms with Gasteiger partial charge in [0.25, 0.3) is 0 Å². The lowest BCUT2D eigenvalue weighted by molar-refractivity contribution is 0.468. The SMILES string of the molecule is Cc1c(O)ccc2c(CSc3ccc(F)cc3)cc(=O)oc12. The number of benzene rings is 2. The Morgan fingerprint density at radius 3 is 2.64 bits per heavy atom. The highest BCUT2D eigenvalue weighted by molar-refractivity contribution is 7.98. The third-order valence-electron chi connectivity index (χ3n) is 3.43. The highest BCUT2D eigenvalue weighted by Gasteiger charge is 2.11. The predicted octanol–water partition coefficient (Wildman–Crippen LogP) is 4.24. The molecule has 0 unspecified atom stereocenters. The molecule has 0 radical (unpaired) electrons. The molecule has 3 nitrogen and oxygen atoms in total. The molecule has 0 aliphatic rings. The Morgan fingerprint density at radius 2 is 1.91 bits per heavy atom. The van der Waals surface area contributed by atoms with E-state index in [1.54, 1.807) is 31.2 Å². The summed E-state index contributed by atoms with van der Waals surface area (Å²) in [5.74, 6) is 0.373. The van der Waals surface area contributed by atoms with Gasteiger partial charge in [-0.3, -0.25) is 0 Å². The zero-order valence-electron chi connectivity index (χ0n) is 11.8. The average molecular weight is 316 g/mol. The number of halogens is 1. The van der Waals surface area contributed by atoms with Crippen LogP contribution in [-0.4, -0.2) is 5.11 Å². The highest BCUT2D eigenvalue weighted by atomic mass is 32.2. The molecule has 0 spiro atoms. The molecule has 0 bridgehead atoms. The van der Waals surface area contributed by atoms with Crippen LogP contribution in [0.2, 0.25) is 0 Å². The highest BCUT2D eigenvalue weighted by Crippen LogP contribution is 2.30. The van der Waals surface area contributed by atoms with E-state index < -0.39 is 5.63 Å². The first-order valence-electron chi connectivity index (χ1n) is 6.68. The summed E-state index contributed by atoms with van der Waals surface area (Å²) in [6.45, 7) is 1.71. The van der Waals surface area contributed by atoms with Crippen molar-refractivity contribution in [2.75, 3.05) is 0 Å². The molecule has 1 N–H and O–H groups in total. The van der Waals surface area contributed by atoms with Gasteiger partial charge in [-0.25, -0.2) is 9.18 Å². The molecule has 0 saturated carbocycles. The first-order valence-corrected chi connectivity index (χ1v) is 7.67. The number of aryl methyl sites for hydroxylation is 1. The summed E-state index contributed by atoms with van der Waals surface area (Å²) < 4.78 is 18.1. The summed E-state index contributed by atoms with van der Waals surface area (Å²) in [6.07, 6.45) is 0. The zero-order chi connectivity index (χ0) is 15.7. The van der Waals surface area contributed by atoms with Gasteiger partial charge in [0, 0.05) is 27.7 Å². The van der Waals surface area contributed by atoms with Gasteiger partial charge in [0.15, 0.2) is 0 Å². The second-order valence-corrected chi connectivity index (χ2v) is 5.97. The molecule has 0 amide bonds. The Bertz CT molecular complexity index is 885. The summed E-state index contributed by atoms with van der Waals surface area (Å²) in [7, 11) is 0. The third kappa shape index (κ3) is 2.85. The number of phenolic OH excluding ortho intramolecular Hbond substituents is 1. The second-order valence-electron chi connectivity index (χ2n) is 4.92. The molecule has 3 aromatic rings. The maximum absolute atomic E-state index is 12.9. The summed E-state index contributed by atoms with van der Waals surface area (Å²) in [4.78, 5) is 12.6. The average Bonchev–Trinajstić information content (AvgIpc) is 2.50. The van der Waals surface area contributed by atoms with Gasteiger partial charge >= 0.3 is 5.63 Å². The summed E-state index contributed by atoms with van der Waals surface area (Å²) in [6, 6.07) is 11.0. The molecule has 0 aliphatic carbocycles. The Kier molecular flexibility index (Phi) is 3.90. The fourth-order valence-electron chi connectivity index (χ4n) is 2.23. The van der Waals surface area contributed by atoms with Crippen LogP contribution in [0, 0.1) is 12.7 Å². The molecule has 3 rings (SSSR count). The van der Waals surface area contributed by atoms with E-state index in [0.29, 0.717) is 16.9 Å². The van der Waals surface area contributed by atoms with Crippen LogP contribution < -0.4 is 5.63 Å². The fourth-order valence-corrected chi connectivity index (χ4v) is 3.12. The van der Waals surface area contributed by atoms with Crippen LogP contribution in [0.25, 0.3) is 11.0 Å². The Balaban J connectivity index is 1.98. The monoisotopic (exact) mass is 316 g/mol. The maximum Gasteiger partial charge on any atom is 0.336 e. The van der Waals surface area contributed by atoms with E-state index >= 15 is 0 Å². The van der Waals surface area contributed by atoms with E-state index in [4.69, 9.17) is 4.42 Å². The van der Waals surface area contributed by atoms with E-state index in [9.17, 15) is 14.3 Å². The normalized spacial score (nSPS) is 11.0. The molecular formula is C17H13FO3S. The van der Waals surface area contributed by atoms with Gasteiger partial charge in [-0.2, -0.15) is 0 Å². The molecule has 0 saturated heterocycles. The number of aromatic hydroxyl groups is 1. The van der Waals surface area contributed by atoms with Crippen molar-refractivity contribution in [2.24, 2.45) is 0 Å². The fraction of sp³-hybridized carbons (Fsp3) is 0.118. The standard InChI is InChI=1S/C17H13FO3S/c1-10-15(19)7-6-14-11(8-16(20)21-17(10)14)9-22-13-4-2-12(18)3-5-13/h2-8,19H,9H2,1H3. The number of hydrogen-bond donors (Lipinski definition) is 1. The second kappa shape index (κ2) is 5.85. The first kappa shape index (κ1) is 14.7. The van der Waals surface area contributed by atoms with E-state index in [2.05, 4.69) is 0 Å². The Labute approximate surface area is 130 Å². The molecule has 0 fully saturated rings. The van der Waals surface area contributed by atoms with Gasteiger partial charge in [0.05, 0.1) is 0 Å². The van der Waals surface area contributed by atoms with Crippen molar-refractivity contribution in [2.45, 2.75) is 17.6 Å². The molecule has 5 heteroatoms. The van der Waals surface area contributed by atoms with Crippen LogP contribution in [-0.2, 0) is 5.75 Å². The van der Waals surface area contributed by atoms with Crippen molar-refractivity contribution >= 4 is 22.7 Å². The van der Waals surface area contributed by atoms with Crippen molar-refractivity contribution in [3.63, 3.8) is 0 Å². The maximum atomic E-state index is 12.9. The lowest BCUT2D eigenvalue weighted by Gasteiger charge is -2.08. The third-order valence-corrected chi connectivity index (χ3v) is 4.49.